The zero-order valence-corrected chi connectivity index (χ0v) is 10.7. The molecule has 1 aromatic heterocycles. The number of rotatable bonds is 4. The summed E-state index contributed by atoms with van der Waals surface area (Å²) in [7, 11) is 0. The lowest BCUT2D eigenvalue weighted by Crippen LogP contribution is -2.36. The fourth-order valence-corrected chi connectivity index (χ4v) is 1.94. The Morgan fingerprint density at radius 3 is 2.82 bits per heavy atom. The number of aliphatic hydroxyl groups is 1. The molecule has 7 heteroatoms. The minimum atomic E-state index is -0.474. The van der Waals surface area contributed by atoms with Crippen LogP contribution in [0.5, 0.6) is 0 Å². The molecule has 0 spiro atoms. The highest BCUT2D eigenvalue weighted by molar-refractivity contribution is 7.98. The predicted octanol–water partition coefficient (Wildman–Crippen LogP) is -0.0892. The molecular weight excluding hydrogens is 242 g/mol. The second-order valence-electron chi connectivity index (χ2n) is 3.61. The summed E-state index contributed by atoms with van der Waals surface area (Å²) in [6.07, 6.45) is 1.74. The van der Waals surface area contributed by atoms with Gasteiger partial charge in [0.05, 0.1) is 12.2 Å². The van der Waals surface area contributed by atoms with Crippen molar-refractivity contribution >= 4 is 17.7 Å². The number of hydrogen-bond acceptors (Lipinski definition) is 5. The molecule has 0 saturated carbocycles. The third kappa shape index (κ3) is 3.31. The van der Waals surface area contributed by atoms with Crippen molar-refractivity contribution in [2.24, 2.45) is 0 Å². The molecule has 6 nitrogen and oxygen atoms in total. The highest BCUT2D eigenvalue weighted by Gasteiger charge is 2.18. The van der Waals surface area contributed by atoms with Crippen molar-refractivity contribution in [1.82, 2.24) is 15.3 Å². The van der Waals surface area contributed by atoms with Crippen LogP contribution in [0.15, 0.2) is 9.82 Å². The van der Waals surface area contributed by atoms with Crippen molar-refractivity contribution < 1.29 is 9.90 Å². The molecule has 0 aliphatic rings. The van der Waals surface area contributed by atoms with Gasteiger partial charge in [-0.05, 0) is 20.1 Å². The Labute approximate surface area is 103 Å². The van der Waals surface area contributed by atoms with E-state index in [0.717, 1.165) is 0 Å². The van der Waals surface area contributed by atoms with E-state index in [-0.39, 0.29) is 18.6 Å². The Morgan fingerprint density at radius 1 is 1.65 bits per heavy atom. The summed E-state index contributed by atoms with van der Waals surface area (Å²) in [5, 5.41) is 11.9. The Balaban J connectivity index is 3.12. The topological polar surface area (TPSA) is 95.1 Å². The SMILES string of the molecule is CSc1nc(=O)[nH]c(C)c1C(=O)N[C@H](C)CO. The van der Waals surface area contributed by atoms with Crippen molar-refractivity contribution in [3.05, 3.63) is 21.7 Å². The standard InChI is InChI=1S/C10H15N3O3S/c1-5(4-14)11-8(15)7-6(2)12-10(16)13-9(7)17-3/h5,14H,4H2,1-3H3,(H,11,15)(H,12,13,16)/t5-/m1/s1. The molecular formula is C10H15N3O3S. The van der Waals surface area contributed by atoms with Crippen LogP contribution in [0.2, 0.25) is 0 Å². The Bertz CT molecular complexity index is 472. The lowest BCUT2D eigenvalue weighted by Gasteiger charge is -2.13. The molecule has 1 amide bonds. The van der Waals surface area contributed by atoms with E-state index in [2.05, 4.69) is 15.3 Å². The average Bonchev–Trinajstić information content (AvgIpc) is 2.27. The Morgan fingerprint density at radius 2 is 2.29 bits per heavy atom. The maximum absolute atomic E-state index is 11.9. The number of aryl methyl sites for hydroxylation is 1. The largest absolute Gasteiger partial charge is 0.394 e. The van der Waals surface area contributed by atoms with Crippen molar-refractivity contribution in [1.29, 1.82) is 0 Å². The fourth-order valence-electron chi connectivity index (χ4n) is 1.32. The smallest absolute Gasteiger partial charge is 0.346 e. The van der Waals surface area contributed by atoms with Crippen LogP contribution in [-0.4, -0.2) is 39.9 Å². The molecule has 1 aromatic rings. The number of hydrogen-bond donors (Lipinski definition) is 3. The van der Waals surface area contributed by atoms with E-state index in [9.17, 15) is 9.59 Å². The maximum atomic E-state index is 11.9. The molecule has 3 N–H and O–H groups in total. The van der Waals surface area contributed by atoms with Crippen LogP contribution in [0.3, 0.4) is 0 Å². The third-order valence-electron chi connectivity index (χ3n) is 2.16. The fraction of sp³-hybridized carbons (Fsp3) is 0.500. The van der Waals surface area contributed by atoms with E-state index in [1.807, 2.05) is 0 Å². The summed E-state index contributed by atoms with van der Waals surface area (Å²) in [6, 6.07) is -0.344. The van der Waals surface area contributed by atoms with Crippen molar-refractivity contribution in [3.63, 3.8) is 0 Å². The summed E-state index contributed by atoms with van der Waals surface area (Å²) in [4.78, 5) is 29.3. The number of thioether (sulfide) groups is 1. The van der Waals surface area contributed by atoms with E-state index in [1.54, 1.807) is 20.1 Å². The predicted molar refractivity (Wildman–Crippen MR) is 65.4 cm³/mol. The first-order chi connectivity index (χ1) is 7.99. The molecule has 0 aliphatic heterocycles. The number of H-pyrrole nitrogens is 1. The van der Waals surface area contributed by atoms with Gasteiger partial charge in [0.15, 0.2) is 0 Å². The number of aromatic amines is 1. The van der Waals surface area contributed by atoms with Crippen LogP contribution in [0.4, 0.5) is 0 Å². The zero-order chi connectivity index (χ0) is 13.0. The number of amides is 1. The van der Waals surface area contributed by atoms with Gasteiger partial charge in [0.2, 0.25) is 0 Å². The van der Waals surface area contributed by atoms with Crippen LogP contribution in [0.25, 0.3) is 0 Å². The zero-order valence-electron chi connectivity index (χ0n) is 9.90. The Kier molecular flexibility index (Phi) is 4.71. The van der Waals surface area contributed by atoms with E-state index in [1.165, 1.54) is 11.8 Å². The molecule has 0 aliphatic carbocycles. The lowest BCUT2D eigenvalue weighted by molar-refractivity contribution is 0.0917. The number of aromatic nitrogens is 2. The summed E-state index contributed by atoms with van der Waals surface area (Å²) in [5.74, 6) is -0.350. The van der Waals surface area contributed by atoms with Gasteiger partial charge in [0.25, 0.3) is 5.91 Å². The minimum absolute atomic E-state index is 0.143. The quantitative estimate of drug-likeness (QED) is 0.517. The van der Waals surface area contributed by atoms with Crippen LogP contribution < -0.4 is 11.0 Å². The van der Waals surface area contributed by atoms with E-state index in [0.29, 0.717) is 16.3 Å². The normalized spacial score (nSPS) is 12.2. The van der Waals surface area contributed by atoms with Crippen LogP contribution in [-0.2, 0) is 0 Å². The average molecular weight is 257 g/mol. The molecule has 0 bridgehead atoms. The third-order valence-corrected chi connectivity index (χ3v) is 2.84. The summed E-state index contributed by atoms with van der Waals surface area (Å²) in [5.41, 5.74) is 0.341. The van der Waals surface area contributed by atoms with Gasteiger partial charge >= 0.3 is 5.69 Å². The van der Waals surface area contributed by atoms with Gasteiger partial charge < -0.3 is 15.4 Å². The number of carbonyl (C=O) groups is 1. The highest BCUT2D eigenvalue weighted by atomic mass is 32.2. The summed E-state index contributed by atoms with van der Waals surface area (Å²) in [6.45, 7) is 3.18. The van der Waals surface area contributed by atoms with Gasteiger partial charge in [-0.15, -0.1) is 11.8 Å². The van der Waals surface area contributed by atoms with Gasteiger partial charge in [-0.25, -0.2) is 4.79 Å². The highest BCUT2D eigenvalue weighted by Crippen LogP contribution is 2.17. The summed E-state index contributed by atoms with van der Waals surface area (Å²) >= 11 is 1.23. The van der Waals surface area contributed by atoms with Crippen molar-refractivity contribution in [2.75, 3.05) is 12.9 Å². The Hall–Kier alpha value is -1.34. The molecule has 0 unspecified atom stereocenters. The van der Waals surface area contributed by atoms with Crippen molar-refractivity contribution in [2.45, 2.75) is 24.9 Å². The summed E-state index contributed by atoms with van der Waals surface area (Å²) < 4.78 is 0. The monoisotopic (exact) mass is 257 g/mol. The molecule has 1 heterocycles. The second-order valence-corrected chi connectivity index (χ2v) is 4.40. The van der Waals surface area contributed by atoms with E-state index in [4.69, 9.17) is 5.11 Å². The van der Waals surface area contributed by atoms with Gasteiger partial charge in [0, 0.05) is 11.7 Å². The molecule has 94 valence electrons. The first kappa shape index (κ1) is 13.7. The molecule has 1 rings (SSSR count). The lowest BCUT2D eigenvalue weighted by atomic mass is 10.2. The van der Waals surface area contributed by atoms with Gasteiger partial charge in [-0.3, -0.25) is 4.79 Å². The van der Waals surface area contributed by atoms with Crippen molar-refractivity contribution in [3.8, 4) is 0 Å². The van der Waals surface area contributed by atoms with Gasteiger partial charge in [-0.1, -0.05) is 0 Å². The first-order valence-corrected chi connectivity index (χ1v) is 6.28. The molecule has 0 radical (unpaired) electrons. The molecule has 17 heavy (non-hydrogen) atoms. The molecule has 1 atom stereocenters. The second kappa shape index (κ2) is 5.83. The number of aliphatic hydroxyl groups excluding tert-OH is 1. The van der Waals surface area contributed by atoms with E-state index < -0.39 is 5.69 Å². The minimum Gasteiger partial charge on any atom is -0.394 e. The number of nitrogens with one attached hydrogen (secondary N) is 2. The van der Waals surface area contributed by atoms with Gasteiger partial charge in [0.1, 0.15) is 5.03 Å². The van der Waals surface area contributed by atoms with Crippen LogP contribution in [0.1, 0.15) is 23.0 Å². The number of nitrogens with zero attached hydrogens (tertiary/aromatic N) is 1. The first-order valence-electron chi connectivity index (χ1n) is 5.06. The number of carbonyl (C=O) groups excluding carboxylic acids is 1. The van der Waals surface area contributed by atoms with Gasteiger partial charge in [-0.2, -0.15) is 4.98 Å². The molecule has 0 fully saturated rings. The van der Waals surface area contributed by atoms with Crippen LogP contribution in [0, 0.1) is 6.92 Å². The molecule has 0 aromatic carbocycles. The van der Waals surface area contributed by atoms with E-state index >= 15 is 0 Å². The van der Waals surface area contributed by atoms with Crippen LogP contribution >= 0.6 is 11.8 Å². The molecule has 0 saturated heterocycles. The maximum Gasteiger partial charge on any atom is 0.346 e.